The highest BCUT2D eigenvalue weighted by Crippen LogP contribution is 2.36. The number of hydrogen-bond donors (Lipinski definition) is 2. The van der Waals surface area contributed by atoms with E-state index in [-0.39, 0.29) is 19.0 Å². The molecule has 2 rings (SSSR count). The summed E-state index contributed by atoms with van der Waals surface area (Å²) >= 11 is 6.20. The SMILES string of the molecule is COc1cc(CNCc2cccnc2)cc(Cl)c1OCC(N)=O.[Cl-]. The van der Waals surface area contributed by atoms with Gasteiger partial charge in [-0.3, -0.25) is 9.78 Å². The third-order valence-corrected chi connectivity index (χ3v) is 3.31. The first-order valence-electron chi connectivity index (χ1n) is 6.97. The predicted octanol–water partition coefficient (Wildman–Crippen LogP) is -1.10. The average molecular weight is 371 g/mol. The molecule has 1 aromatic carbocycles. The van der Waals surface area contributed by atoms with Gasteiger partial charge in [0.25, 0.3) is 5.91 Å². The van der Waals surface area contributed by atoms with Crippen molar-refractivity contribution in [3.8, 4) is 11.5 Å². The second-order valence-electron chi connectivity index (χ2n) is 4.83. The highest BCUT2D eigenvalue weighted by atomic mass is 35.5. The Morgan fingerprint density at radius 2 is 2.08 bits per heavy atom. The lowest BCUT2D eigenvalue weighted by Gasteiger charge is -2.13. The van der Waals surface area contributed by atoms with Crippen molar-refractivity contribution in [2.75, 3.05) is 13.7 Å². The van der Waals surface area contributed by atoms with Crippen LogP contribution in [-0.2, 0) is 17.9 Å². The van der Waals surface area contributed by atoms with Gasteiger partial charge >= 0.3 is 0 Å². The second-order valence-corrected chi connectivity index (χ2v) is 5.24. The number of carbonyl (C=O) groups is 1. The van der Waals surface area contributed by atoms with Crippen LogP contribution < -0.4 is 32.9 Å². The van der Waals surface area contributed by atoms with Crippen molar-refractivity contribution in [1.29, 1.82) is 0 Å². The maximum Gasteiger partial charge on any atom is 0.255 e. The van der Waals surface area contributed by atoms with Crippen molar-refractivity contribution >= 4 is 17.5 Å². The molecule has 0 bridgehead atoms. The minimum Gasteiger partial charge on any atom is -1.00 e. The Balaban J connectivity index is 0.00000288. The number of amides is 1. The summed E-state index contributed by atoms with van der Waals surface area (Å²) in [5.74, 6) is 0.186. The van der Waals surface area contributed by atoms with Crippen LogP contribution in [0.3, 0.4) is 0 Å². The standard InChI is InChI=1S/C16H18ClN3O3.ClH/c1-22-14-6-12(5-13(17)16(14)23-10-15(18)21)9-20-8-11-3-2-4-19-7-11;/h2-7,20H,8-10H2,1H3,(H2,18,21);1H/p-1. The fourth-order valence-corrected chi connectivity index (χ4v) is 2.30. The monoisotopic (exact) mass is 370 g/mol. The van der Waals surface area contributed by atoms with Gasteiger partial charge in [-0.2, -0.15) is 0 Å². The summed E-state index contributed by atoms with van der Waals surface area (Å²) in [4.78, 5) is 14.9. The lowest BCUT2D eigenvalue weighted by Crippen LogP contribution is -3.00. The van der Waals surface area contributed by atoms with E-state index in [4.69, 9.17) is 26.8 Å². The lowest BCUT2D eigenvalue weighted by molar-refractivity contribution is -0.119. The van der Waals surface area contributed by atoms with Crippen LogP contribution >= 0.6 is 11.6 Å². The number of halogens is 2. The number of primary amides is 1. The number of rotatable bonds is 8. The van der Waals surface area contributed by atoms with Crippen molar-refractivity contribution in [2.24, 2.45) is 5.73 Å². The van der Waals surface area contributed by atoms with Gasteiger partial charge in [-0.1, -0.05) is 17.7 Å². The van der Waals surface area contributed by atoms with Crippen molar-refractivity contribution < 1.29 is 26.7 Å². The minimum absolute atomic E-state index is 0. The number of carbonyl (C=O) groups excluding carboxylic acids is 1. The molecule has 0 radical (unpaired) electrons. The van der Waals surface area contributed by atoms with Gasteiger partial charge in [-0.25, -0.2) is 0 Å². The number of nitrogens with one attached hydrogen (secondary N) is 1. The minimum atomic E-state index is -0.578. The van der Waals surface area contributed by atoms with E-state index < -0.39 is 5.91 Å². The molecule has 3 N–H and O–H groups in total. The molecule has 0 spiro atoms. The van der Waals surface area contributed by atoms with E-state index in [1.807, 2.05) is 12.1 Å². The highest BCUT2D eigenvalue weighted by Gasteiger charge is 2.13. The van der Waals surface area contributed by atoms with Gasteiger partial charge in [-0.05, 0) is 29.3 Å². The highest BCUT2D eigenvalue weighted by molar-refractivity contribution is 6.32. The fraction of sp³-hybridized carbons (Fsp3) is 0.250. The number of nitrogens with zero attached hydrogens (tertiary/aromatic N) is 1. The topological polar surface area (TPSA) is 86.5 Å². The van der Waals surface area contributed by atoms with Crippen LogP contribution in [0.15, 0.2) is 36.7 Å². The number of nitrogens with two attached hydrogens (primary N) is 1. The molecular weight excluding hydrogens is 353 g/mol. The zero-order valence-corrected chi connectivity index (χ0v) is 14.6. The first kappa shape index (κ1) is 20.0. The molecule has 0 aliphatic carbocycles. The molecule has 0 saturated carbocycles. The van der Waals surface area contributed by atoms with Crippen LogP contribution in [0.25, 0.3) is 0 Å². The van der Waals surface area contributed by atoms with Gasteiger partial charge in [0.2, 0.25) is 0 Å². The molecule has 1 heterocycles. The van der Waals surface area contributed by atoms with Crippen LogP contribution in [0.1, 0.15) is 11.1 Å². The third-order valence-electron chi connectivity index (χ3n) is 3.03. The molecule has 0 atom stereocenters. The molecular formula is C16H18Cl2N3O3-. The Labute approximate surface area is 151 Å². The van der Waals surface area contributed by atoms with Crippen LogP contribution in [0, 0.1) is 0 Å². The summed E-state index contributed by atoms with van der Waals surface area (Å²) in [5.41, 5.74) is 7.09. The molecule has 0 aliphatic rings. The van der Waals surface area contributed by atoms with Gasteiger partial charge < -0.3 is 32.9 Å². The molecule has 1 aromatic heterocycles. The zero-order valence-electron chi connectivity index (χ0n) is 13.1. The zero-order chi connectivity index (χ0) is 16.7. The average Bonchev–Trinajstić information content (AvgIpc) is 2.54. The van der Waals surface area contributed by atoms with E-state index in [0.717, 1.165) is 11.1 Å². The summed E-state index contributed by atoms with van der Waals surface area (Å²) < 4.78 is 10.6. The number of pyridine rings is 1. The lowest BCUT2D eigenvalue weighted by atomic mass is 10.2. The van der Waals surface area contributed by atoms with Gasteiger partial charge in [0.15, 0.2) is 18.1 Å². The first-order chi connectivity index (χ1) is 11.1. The molecule has 6 nitrogen and oxygen atoms in total. The molecule has 0 saturated heterocycles. The van der Waals surface area contributed by atoms with E-state index >= 15 is 0 Å². The van der Waals surface area contributed by atoms with Crippen molar-refractivity contribution in [1.82, 2.24) is 10.3 Å². The Kier molecular flexibility index (Phi) is 8.32. The van der Waals surface area contributed by atoms with Gasteiger partial charge in [0.1, 0.15) is 0 Å². The summed E-state index contributed by atoms with van der Waals surface area (Å²) in [7, 11) is 1.51. The van der Waals surface area contributed by atoms with Gasteiger partial charge in [0, 0.05) is 25.5 Å². The van der Waals surface area contributed by atoms with Crippen molar-refractivity contribution in [2.45, 2.75) is 13.1 Å². The Hall–Kier alpha value is -2.02. The molecule has 0 unspecified atom stereocenters. The van der Waals surface area contributed by atoms with Crippen molar-refractivity contribution in [3.63, 3.8) is 0 Å². The Morgan fingerprint density at radius 1 is 1.33 bits per heavy atom. The van der Waals surface area contributed by atoms with Gasteiger partial charge in [-0.15, -0.1) is 0 Å². The summed E-state index contributed by atoms with van der Waals surface area (Å²) in [6.07, 6.45) is 3.54. The second kappa shape index (κ2) is 9.97. The van der Waals surface area contributed by atoms with E-state index in [9.17, 15) is 4.79 Å². The number of aromatic nitrogens is 1. The molecule has 8 heteroatoms. The third kappa shape index (κ3) is 5.88. The van der Waals surface area contributed by atoms with E-state index in [1.165, 1.54) is 7.11 Å². The van der Waals surface area contributed by atoms with E-state index in [0.29, 0.717) is 29.6 Å². The van der Waals surface area contributed by atoms with Gasteiger partial charge in [0.05, 0.1) is 12.1 Å². The molecule has 24 heavy (non-hydrogen) atoms. The maximum absolute atomic E-state index is 10.8. The molecule has 1 amide bonds. The van der Waals surface area contributed by atoms with E-state index in [2.05, 4.69) is 10.3 Å². The molecule has 0 aliphatic heterocycles. The van der Waals surface area contributed by atoms with Crippen LogP contribution in [-0.4, -0.2) is 24.6 Å². The summed E-state index contributed by atoms with van der Waals surface area (Å²) in [6, 6.07) is 7.45. The normalized spacial score (nSPS) is 9.92. The number of hydrogen-bond acceptors (Lipinski definition) is 5. The predicted molar refractivity (Wildman–Crippen MR) is 87.5 cm³/mol. The smallest absolute Gasteiger partial charge is 0.255 e. The summed E-state index contributed by atoms with van der Waals surface area (Å²) in [5, 5.41) is 3.66. The van der Waals surface area contributed by atoms with Crippen LogP contribution in [0.2, 0.25) is 5.02 Å². The molecule has 0 fully saturated rings. The van der Waals surface area contributed by atoms with Crippen molar-refractivity contribution in [3.05, 3.63) is 52.8 Å². The van der Waals surface area contributed by atoms with Crippen LogP contribution in [0.5, 0.6) is 11.5 Å². The number of methoxy groups -OCH3 is 1. The molecule has 2 aromatic rings. The van der Waals surface area contributed by atoms with Crippen LogP contribution in [0.4, 0.5) is 0 Å². The maximum atomic E-state index is 10.8. The first-order valence-corrected chi connectivity index (χ1v) is 7.35. The number of ether oxygens (including phenoxy) is 2. The largest absolute Gasteiger partial charge is 1.00 e. The molecule has 130 valence electrons. The summed E-state index contributed by atoms with van der Waals surface area (Å²) in [6.45, 7) is 1.03. The fourth-order valence-electron chi connectivity index (χ4n) is 2.01. The Bertz CT molecular complexity index is 669. The Morgan fingerprint density at radius 3 is 2.71 bits per heavy atom. The quantitative estimate of drug-likeness (QED) is 0.616. The number of benzene rings is 1. The van der Waals surface area contributed by atoms with E-state index in [1.54, 1.807) is 24.5 Å².